The standard InChI is InChI=1S/C29H34N6O4/c1-29(2)20-14-35(28(38)21(11-16-7-8-16)32-26(36)18-9-10-39-15-18)25(23(20)29)27(37)33-22(12-30)24-19-6-4-3-5-17(19)13-31-34-24/h3-6,13,16,18,20-23,25H,7-11,14-15H2,1-2H3,(H,32,36)(H,33,37)/t18-,20+,21+,22?,23+,25+/m1/s1. The van der Waals surface area contributed by atoms with Crippen LogP contribution in [-0.2, 0) is 19.1 Å². The van der Waals surface area contributed by atoms with Gasteiger partial charge >= 0.3 is 0 Å². The Bertz CT molecular complexity index is 1340. The quantitative estimate of drug-likeness (QED) is 0.533. The Labute approximate surface area is 227 Å². The number of nitrogens with one attached hydrogen (secondary N) is 2. The molecule has 1 aromatic carbocycles. The number of aromatic nitrogens is 2. The zero-order chi connectivity index (χ0) is 27.3. The van der Waals surface area contributed by atoms with Crippen LogP contribution in [0, 0.1) is 40.4 Å². The number of hydrogen-bond donors (Lipinski definition) is 2. The fraction of sp³-hybridized carbons (Fsp3) is 0.586. The summed E-state index contributed by atoms with van der Waals surface area (Å²) in [5, 5.41) is 25.7. The molecule has 0 spiro atoms. The van der Waals surface area contributed by atoms with Gasteiger partial charge in [0.25, 0.3) is 0 Å². The van der Waals surface area contributed by atoms with Crippen LogP contribution >= 0.6 is 0 Å². The fourth-order valence-corrected chi connectivity index (χ4v) is 6.61. The molecule has 204 valence electrons. The molecule has 2 aliphatic heterocycles. The van der Waals surface area contributed by atoms with Gasteiger partial charge in [-0.2, -0.15) is 15.5 Å². The van der Waals surface area contributed by atoms with Gasteiger partial charge in [-0.1, -0.05) is 51.0 Å². The lowest BCUT2D eigenvalue weighted by Crippen LogP contribution is -2.56. The Kier molecular flexibility index (Phi) is 6.50. The van der Waals surface area contributed by atoms with E-state index in [9.17, 15) is 19.6 Å². The van der Waals surface area contributed by atoms with E-state index >= 15 is 0 Å². The highest BCUT2D eigenvalue weighted by Crippen LogP contribution is 2.65. The zero-order valence-electron chi connectivity index (χ0n) is 22.3. The first-order valence-corrected chi connectivity index (χ1v) is 13.9. The summed E-state index contributed by atoms with van der Waals surface area (Å²) >= 11 is 0. The SMILES string of the molecule is CC1(C)[C@@H]2[C@@H](C(=O)NC(C#N)c3nncc4ccccc34)N(C(=O)[C@H](CC3CC3)NC(=O)[C@@H]3CCOC3)C[C@@H]21. The molecule has 2 saturated carbocycles. The molecule has 3 amide bonds. The third kappa shape index (κ3) is 4.73. The van der Waals surface area contributed by atoms with Crippen molar-refractivity contribution in [2.75, 3.05) is 19.8 Å². The lowest BCUT2D eigenvalue weighted by Gasteiger charge is -2.33. The van der Waals surface area contributed by atoms with Crippen LogP contribution < -0.4 is 10.6 Å². The van der Waals surface area contributed by atoms with Gasteiger partial charge in [0.1, 0.15) is 17.8 Å². The predicted molar refractivity (Wildman–Crippen MR) is 140 cm³/mol. The van der Waals surface area contributed by atoms with Crippen molar-refractivity contribution in [1.82, 2.24) is 25.7 Å². The first-order valence-electron chi connectivity index (χ1n) is 13.9. The molecule has 6 rings (SSSR count). The Balaban J connectivity index is 1.23. The van der Waals surface area contributed by atoms with Crippen LogP contribution in [0.2, 0.25) is 0 Å². The smallest absolute Gasteiger partial charge is 0.245 e. The summed E-state index contributed by atoms with van der Waals surface area (Å²) in [6.45, 7) is 5.62. The van der Waals surface area contributed by atoms with Gasteiger partial charge in [0.05, 0.1) is 24.8 Å². The molecule has 39 heavy (non-hydrogen) atoms. The number of amides is 3. The molecule has 3 heterocycles. The molecule has 0 bridgehead atoms. The zero-order valence-corrected chi connectivity index (χ0v) is 22.3. The van der Waals surface area contributed by atoms with Crippen molar-refractivity contribution >= 4 is 28.5 Å². The van der Waals surface area contributed by atoms with Gasteiger partial charge < -0.3 is 20.3 Å². The van der Waals surface area contributed by atoms with E-state index < -0.39 is 18.1 Å². The van der Waals surface area contributed by atoms with Crippen LogP contribution in [0.25, 0.3) is 10.8 Å². The third-order valence-corrected chi connectivity index (χ3v) is 9.23. The summed E-state index contributed by atoms with van der Waals surface area (Å²) < 4.78 is 5.37. The molecule has 4 fully saturated rings. The largest absolute Gasteiger partial charge is 0.381 e. The highest BCUT2D eigenvalue weighted by molar-refractivity contribution is 5.94. The van der Waals surface area contributed by atoms with Crippen molar-refractivity contribution in [2.45, 2.75) is 57.7 Å². The average molecular weight is 531 g/mol. The first kappa shape index (κ1) is 25.7. The molecule has 2 N–H and O–H groups in total. The van der Waals surface area contributed by atoms with E-state index in [4.69, 9.17) is 4.74 Å². The lowest BCUT2D eigenvalue weighted by molar-refractivity contribution is -0.144. The number of rotatable bonds is 8. The molecular weight excluding hydrogens is 496 g/mol. The Hall–Kier alpha value is -3.58. The van der Waals surface area contributed by atoms with Gasteiger partial charge in [0.15, 0.2) is 6.04 Å². The maximum Gasteiger partial charge on any atom is 0.245 e. The minimum atomic E-state index is -1.02. The Morgan fingerprint density at radius 1 is 1.18 bits per heavy atom. The van der Waals surface area contributed by atoms with E-state index in [1.165, 1.54) is 0 Å². The normalized spacial score (nSPS) is 28.3. The van der Waals surface area contributed by atoms with E-state index in [-0.39, 0.29) is 40.9 Å². The molecule has 2 aromatic rings. The van der Waals surface area contributed by atoms with Crippen molar-refractivity contribution in [3.63, 3.8) is 0 Å². The maximum absolute atomic E-state index is 14.0. The average Bonchev–Trinajstić information content (AvgIpc) is 3.63. The molecule has 2 aliphatic carbocycles. The van der Waals surface area contributed by atoms with Gasteiger partial charge in [-0.15, -0.1) is 0 Å². The third-order valence-electron chi connectivity index (χ3n) is 9.23. The Morgan fingerprint density at radius 2 is 1.97 bits per heavy atom. The minimum absolute atomic E-state index is 0.0140. The van der Waals surface area contributed by atoms with Gasteiger partial charge in [-0.05, 0) is 36.0 Å². The van der Waals surface area contributed by atoms with Crippen LogP contribution in [0.15, 0.2) is 30.5 Å². The topological polar surface area (TPSA) is 137 Å². The van der Waals surface area contributed by atoms with Crippen LogP contribution in [0.5, 0.6) is 0 Å². The molecule has 1 aromatic heterocycles. The first-order chi connectivity index (χ1) is 18.8. The minimum Gasteiger partial charge on any atom is -0.381 e. The monoisotopic (exact) mass is 530 g/mol. The van der Waals surface area contributed by atoms with Gasteiger partial charge in [-0.25, -0.2) is 0 Å². The predicted octanol–water partition coefficient (Wildman–Crippen LogP) is 2.12. The van der Waals surface area contributed by atoms with Gasteiger partial charge in [0, 0.05) is 23.9 Å². The molecule has 6 atom stereocenters. The number of carbonyl (C=O) groups is 3. The number of nitrogens with zero attached hydrogens (tertiary/aromatic N) is 4. The number of fused-ring (bicyclic) bond motifs is 2. The van der Waals surface area contributed by atoms with Crippen molar-refractivity contribution in [1.29, 1.82) is 5.26 Å². The summed E-state index contributed by atoms with van der Waals surface area (Å²) in [7, 11) is 0. The maximum atomic E-state index is 14.0. The van der Waals surface area contributed by atoms with E-state index in [1.54, 1.807) is 11.1 Å². The number of hydrogen-bond acceptors (Lipinski definition) is 7. The number of likely N-dealkylation sites (tertiary alicyclic amines) is 1. The van der Waals surface area contributed by atoms with Gasteiger partial charge in [-0.3, -0.25) is 14.4 Å². The van der Waals surface area contributed by atoms with Crippen molar-refractivity contribution in [2.24, 2.45) is 29.1 Å². The van der Waals surface area contributed by atoms with E-state index in [0.29, 0.717) is 44.2 Å². The molecule has 4 aliphatic rings. The van der Waals surface area contributed by atoms with Gasteiger partial charge in [0.2, 0.25) is 17.7 Å². The van der Waals surface area contributed by atoms with Crippen LogP contribution in [0.3, 0.4) is 0 Å². The highest BCUT2D eigenvalue weighted by Gasteiger charge is 2.69. The lowest BCUT2D eigenvalue weighted by atomic mass is 9.98. The summed E-state index contributed by atoms with van der Waals surface area (Å²) in [4.78, 5) is 42.4. The number of benzene rings is 1. The number of piperidine rings is 1. The second kappa shape index (κ2) is 9.87. The van der Waals surface area contributed by atoms with E-state index in [2.05, 4.69) is 40.7 Å². The number of ether oxygens (including phenoxy) is 1. The number of nitriles is 1. The van der Waals surface area contributed by atoms with Crippen LogP contribution in [-0.4, -0.2) is 64.7 Å². The number of carbonyl (C=O) groups excluding carboxylic acids is 3. The highest BCUT2D eigenvalue weighted by atomic mass is 16.5. The molecule has 10 heteroatoms. The summed E-state index contributed by atoms with van der Waals surface area (Å²) in [5.41, 5.74) is 0.292. The molecular formula is C29H34N6O4. The molecule has 10 nitrogen and oxygen atoms in total. The fourth-order valence-electron chi connectivity index (χ4n) is 6.61. The summed E-state index contributed by atoms with van der Waals surface area (Å²) in [6, 6.07) is 7.22. The van der Waals surface area contributed by atoms with E-state index in [0.717, 1.165) is 23.6 Å². The van der Waals surface area contributed by atoms with Crippen LogP contribution in [0.4, 0.5) is 0 Å². The molecule has 0 radical (unpaired) electrons. The second-order valence-electron chi connectivity index (χ2n) is 12.1. The van der Waals surface area contributed by atoms with E-state index in [1.807, 2.05) is 24.3 Å². The van der Waals surface area contributed by atoms with Crippen molar-refractivity contribution in [3.8, 4) is 6.07 Å². The van der Waals surface area contributed by atoms with Crippen molar-refractivity contribution in [3.05, 3.63) is 36.2 Å². The summed E-state index contributed by atoms with van der Waals surface area (Å²) in [5.74, 6) is -0.401. The second-order valence-corrected chi connectivity index (χ2v) is 12.1. The summed E-state index contributed by atoms with van der Waals surface area (Å²) in [6.07, 6.45) is 4.94. The van der Waals surface area contributed by atoms with Crippen molar-refractivity contribution < 1.29 is 19.1 Å². The van der Waals surface area contributed by atoms with Crippen LogP contribution in [0.1, 0.15) is 51.3 Å². The molecule has 1 unspecified atom stereocenters. The molecule has 2 saturated heterocycles. The Morgan fingerprint density at radius 3 is 2.69 bits per heavy atom.